The summed E-state index contributed by atoms with van der Waals surface area (Å²) < 4.78 is 18.1. The van der Waals surface area contributed by atoms with Crippen LogP contribution in [0.5, 0.6) is 17.2 Å². The Labute approximate surface area is 218 Å². The Morgan fingerprint density at radius 1 is 0.676 bits per heavy atom. The molecule has 0 aromatic heterocycles. The quantitative estimate of drug-likeness (QED) is 0.195. The second-order valence-electron chi connectivity index (χ2n) is 9.55. The summed E-state index contributed by atoms with van der Waals surface area (Å²) in [6.07, 6.45) is 5.70. The van der Waals surface area contributed by atoms with E-state index in [0.717, 1.165) is 29.4 Å². The molecule has 0 amide bonds. The molecule has 37 heavy (non-hydrogen) atoms. The SMILES string of the molecule is C1=CC2c3cc(OCCOc4ccccc4)ccc3NC(c3ccccc3OCc3ccccc3)C2C1. The minimum atomic E-state index is 0.172. The van der Waals surface area contributed by atoms with Gasteiger partial charge in [0.2, 0.25) is 0 Å². The van der Waals surface area contributed by atoms with Crippen molar-refractivity contribution >= 4 is 5.69 Å². The fourth-order valence-electron chi connectivity index (χ4n) is 5.41. The molecule has 1 N–H and O–H groups in total. The smallest absolute Gasteiger partial charge is 0.125 e. The van der Waals surface area contributed by atoms with Crippen molar-refractivity contribution in [3.63, 3.8) is 0 Å². The van der Waals surface area contributed by atoms with Crippen molar-refractivity contribution in [2.24, 2.45) is 5.92 Å². The number of anilines is 1. The van der Waals surface area contributed by atoms with Crippen molar-refractivity contribution in [1.82, 2.24) is 0 Å². The van der Waals surface area contributed by atoms with Crippen LogP contribution in [-0.4, -0.2) is 13.2 Å². The van der Waals surface area contributed by atoms with E-state index in [-0.39, 0.29) is 6.04 Å². The van der Waals surface area contributed by atoms with Crippen molar-refractivity contribution in [2.45, 2.75) is 25.0 Å². The fraction of sp³-hybridized carbons (Fsp3) is 0.212. The average Bonchev–Trinajstić information content (AvgIpc) is 3.46. The lowest BCUT2D eigenvalue weighted by atomic mass is 9.77. The van der Waals surface area contributed by atoms with Crippen LogP contribution in [-0.2, 0) is 6.61 Å². The number of fused-ring (bicyclic) bond motifs is 3. The molecule has 0 radical (unpaired) electrons. The maximum absolute atomic E-state index is 6.33. The van der Waals surface area contributed by atoms with Crippen molar-refractivity contribution in [1.29, 1.82) is 0 Å². The Morgan fingerprint density at radius 2 is 1.41 bits per heavy atom. The Balaban J connectivity index is 1.17. The Morgan fingerprint density at radius 3 is 2.24 bits per heavy atom. The number of rotatable bonds is 9. The molecule has 4 aromatic carbocycles. The van der Waals surface area contributed by atoms with Gasteiger partial charge in [-0.05, 0) is 59.9 Å². The van der Waals surface area contributed by atoms with Crippen LogP contribution in [0.25, 0.3) is 0 Å². The third-order valence-electron chi connectivity index (χ3n) is 7.19. The minimum absolute atomic E-state index is 0.172. The molecular weight excluding hydrogens is 458 g/mol. The number of para-hydroxylation sites is 2. The predicted octanol–water partition coefficient (Wildman–Crippen LogP) is 7.55. The summed E-state index contributed by atoms with van der Waals surface area (Å²) in [5.74, 6) is 3.44. The molecule has 1 aliphatic heterocycles. The van der Waals surface area contributed by atoms with E-state index in [1.807, 2.05) is 54.6 Å². The summed E-state index contributed by atoms with van der Waals surface area (Å²) in [5.41, 5.74) is 4.82. The number of ether oxygens (including phenoxy) is 3. The molecule has 6 rings (SSSR count). The molecule has 4 aromatic rings. The van der Waals surface area contributed by atoms with Crippen molar-refractivity contribution in [2.75, 3.05) is 18.5 Å². The van der Waals surface area contributed by atoms with Crippen molar-refractivity contribution < 1.29 is 14.2 Å². The van der Waals surface area contributed by atoms with Gasteiger partial charge in [0, 0.05) is 17.2 Å². The molecule has 4 heteroatoms. The minimum Gasteiger partial charge on any atom is -0.490 e. The second kappa shape index (κ2) is 10.8. The fourth-order valence-corrected chi connectivity index (χ4v) is 5.41. The first kappa shape index (κ1) is 23.2. The van der Waals surface area contributed by atoms with Gasteiger partial charge in [0.25, 0.3) is 0 Å². The molecule has 1 aliphatic carbocycles. The summed E-state index contributed by atoms with van der Waals surface area (Å²) >= 11 is 0. The Kier molecular flexibility index (Phi) is 6.80. The zero-order valence-electron chi connectivity index (χ0n) is 20.8. The highest BCUT2D eigenvalue weighted by Crippen LogP contribution is 2.51. The molecule has 186 valence electrons. The molecule has 0 spiro atoms. The van der Waals surface area contributed by atoms with Crippen LogP contribution in [0.1, 0.15) is 35.1 Å². The molecule has 4 nitrogen and oxygen atoms in total. The third-order valence-corrected chi connectivity index (χ3v) is 7.19. The number of allylic oxidation sites excluding steroid dienone is 2. The Hall–Kier alpha value is -4.18. The summed E-state index contributed by atoms with van der Waals surface area (Å²) in [7, 11) is 0. The van der Waals surface area contributed by atoms with Gasteiger partial charge in [-0.1, -0.05) is 78.9 Å². The predicted molar refractivity (Wildman–Crippen MR) is 147 cm³/mol. The molecule has 0 saturated carbocycles. The van der Waals surface area contributed by atoms with E-state index in [1.54, 1.807) is 0 Å². The van der Waals surface area contributed by atoms with Crippen LogP contribution in [0.4, 0.5) is 5.69 Å². The highest BCUT2D eigenvalue weighted by Gasteiger charge is 2.39. The van der Waals surface area contributed by atoms with Crippen LogP contribution in [0, 0.1) is 5.92 Å². The van der Waals surface area contributed by atoms with E-state index in [4.69, 9.17) is 14.2 Å². The second-order valence-corrected chi connectivity index (χ2v) is 9.55. The summed E-state index contributed by atoms with van der Waals surface area (Å²) in [6, 6.07) is 35.2. The average molecular weight is 490 g/mol. The molecule has 1 heterocycles. The first-order chi connectivity index (χ1) is 18.3. The normalized spacial score (nSPS) is 19.4. The monoisotopic (exact) mass is 489 g/mol. The van der Waals surface area contributed by atoms with Gasteiger partial charge in [0.05, 0.1) is 6.04 Å². The zero-order valence-corrected chi connectivity index (χ0v) is 20.8. The number of hydrogen-bond donors (Lipinski definition) is 1. The van der Waals surface area contributed by atoms with E-state index in [1.165, 1.54) is 16.7 Å². The third kappa shape index (κ3) is 5.19. The topological polar surface area (TPSA) is 39.7 Å². The maximum Gasteiger partial charge on any atom is 0.125 e. The van der Waals surface area contributed by atoms with Crippen LogP contribution < -0.4 is 19.5 Å². The number of nitrogens with one attached hydrogen (secondary N) is 1. The largest absolute Gasteiger partial charge is 0.490 e. The Bertz CT molecular complexity index is 1350. The van der Waals surface area contributed by atoms with E-state index in [2.05, 4.69) is 66.0 Å². The van der Waals surface area contributed by atoms with E-state index in [0.29, 0.717) is 31.7 Å². The van der Waals surface area contributed by atoms with Crippen LogP contribution in [0.2, 0.25) is 0 Å². The molecule has 0 bridgehead atoms. The van der Waals surface area contributed by atoms with Crippen molar-refractivity contribution in [3.8, 4) is 17.2 Å². The molecule has 0 saturated heterocycles. The summed E-state index contributed by atoms with van der Waals surface area (Å²) in [6.45, 7) is 1.56. The lowest BCUT2D eigenvalue weighted by Gasteiger charge is -2.38. The van der Waals surface area contributed by atoms with Gasteiger partial charge in [-0.2, -0.15) is 0 Å². The lowest BCUT2D eigenvalue weighted by molar-refractivity contribution is 0.217. The van der Waals surface area contributed by atoms with Crippen molar-refractivity contribution in [3.05, 3.63) is 132 Å². The zero-order chi connectivity index (χ0) is 24.9. The van der Waals surface area contributed by atoms with Gasteiger partial charge in [-0.15, -0.1) is 0 Å². The maximum atomic E-state index is 6.33. The van der Waals surface area contributed by atoms with Crippen LogP contribution in [0.15, 0.2) is 115 Å². The molecule has 3 atom stereocenters. The van der Waals surface area contributed by atoms with E-state index < -0.39 is 0 Å². The standard InChI is InChI=1S/C33H31NO3/c1-3-10-24(11-4-1)23-37-32-17-8-7-14-29(32)33-28-16-9-15-27(28)30-22-26(18-19-31(30)34-33)36-21-20-35-25-12-5-2-6-13-25/h1-15,17-19,22,27-28,33-34H,16,20-21,23H2. The molecule has 2 aliphatic rings. The van der Waals surface area contributed by atoms with E-state index in [9.17, 15) is 0 Å². The van der Waals surface area contributed by atoms with Gasteiger partial charge in [-0.3, -0.25) is 0 Å². The van der Waals surface area contributed by atoms with Crippen LogP contribution in [0.3, 0.4) is 0 Å². The lowest BCUT2D eigenvalue weighted by Crippen LogP contribution is -2.29. The van der Waals surface area contributed by atoms with Crippen LogP contribution >= 0.6 is 0 Å². The summed E-state index contributed by atoms with van der Waals surface area (Å²) in [4.78, 5) is 0. The highest BCUT2D eigenvalue weighted by molar-refractivity contribution is 5.62. The van der Waals surface area contributed by atoms with E-state index >= 15 is 0 Å². The van der Waals surface area contributed by atoms with Gasteiger partial charge >= 0.3 is 0 Å². The van der Waals surface area contributed by atoms with Gasteiger partial charge in [0.15, 0.2) is 0 Å². The molecular formula is C33H31NO3. The molecule has 3 unspecified atom stereocenters. The van der Waals surface area contributed by atoms with Gasteiger partial charge in [-0.25, -0.2) is 0 Å². The number of hydrogen-bond acceptors (Lipinski definition) is 4. The van der Waals surface area contributed by atoms with Gasteiger partial charge in [0.1, 0.15) is 37.1 Å². The molecule has 0 fully saturated rings. The number of benzene rings is 4. The first-order valence-electron chi connectivity index (χ1n) is 13.0. The first-order valence-corrected chi connectivity index (χ1v) is 13.0. The van der Waals surface area contributed by atoms with Gasteiger partial charge < -0.3 is 19.5 Å². The highest BCUT2D eigenvalue weighted by atomic mass is 16.5. The summed E-state index contributed by atoms with van der Waals surface area (Å²) in [5, 5.41) is 3.84.